The highest BCUT2D eigenvalue weighted by Gasteiger charge is 2.42. The minimum Gasteiger partial charge on any atom is -0.357 e. The summed E-state index contributed by atoms with van der Waals surface area (Å²) in [5.74, 6) is 0.944. The lowest BCUT2D eigenvalue weighted by molar-refractivity contribution is -0.138. The zero-order chi connectivity index (χ0) is 20.0. The number of fused-ring (bicyclic) bond motifs is 1. The first-order valence-electron chi connectivity index (χ1n) is 10.1. The largest absolute Gasteiger partial charge is 0.357 e. The standard InChI is InChI=1S/C22H31N5O/c1-4-23-21(26-16-22(12-7-8-13-22)20(28)27(2)3)25-15-19-18-10-6-5-9-17(18)11-14-24-19/h5-6,9-11,14H,4,7-8,12-13,15-16H2,1-3H3,(H2,23,25,26). The van der Waals surface area contributed by atoms with Gasteiger partial charge in [-0.1, -0.05) is 37.1 Å². The van der Waals surface area contributed by atoms with Gasteiger partial charge < -0.3 is 15.5 Å². The molecule has 1 aromatic heterocycles. The van der Waals surface area contributed by atoms with Crippen LogP contribution in [0.5, 0.6) is 0 Å². The van der Waals surface area contributed by atoms with Crippen molar-refractivity contribution in [2.24, 2.45) is 10.4 Å². The van der Waals surface area contributed by atoms with Crippen LogP contribution in [0.15, 0.2) is 41.5 Å². The van der Waals surface area contributed by atoms with Crippen molar-refractivity contribution in [3.05, 3.63) is 42.2 Å². The normalized spacial score (nSPS) is 16.2. The quantitative estimate of drug-likeness (QED) is 0.596. The smallest absolute Gasteiger partial charge is 0.230 e. The van der Waals surface area contributed by atoms with E-state index in [1.54, 1.807) is 4.90 Å². The van der Waals surface area contributed by atoms with Crippen LogP contribution in [-0.4, -0.2) is 48.9 Å². The van der Waals surface area contributed by atoms with E-state index in [1.165, 1.54) is 5.39 Å². The van der Waals surface area contributed by atoms with Crippen molar-refractivity contribution in [3.8, 4) is 0 Å². The van der Waals surface area contributed by atoms with Crippen LogP contribution in [0.25, 0.3) is 10.8 Å². The molecule has 1 aliphatic carbocycles. The predicted octanol–water partition coefficient (Wildman–Crippen LogP) is 2.94. The zero-order valence-electron chi connectivity index (χ0n) is 17.2. The van der Waals surface area contributed by atoms with Gasteiger partial charge in [0.25, 0.3) is 0 Å². The van der Waals surface area contributed by atoms with Gasteiger partial charge in [-0.3, -0.25) is 9.78 Å². The van der Waals surface area contributed by atoms with Crippen LogP contribution < -0.4 is 10.6 Å². The van der Waals surface area contributed by atoms with E-state index in [-0.39, 0.29) is 11.3 Å². The van der Waals surface area contributed by atoms with Gasteiger partial charge in [-0.05, 0) is 31.2 Å². The van der Waals surface area contributed by atoms with Crippen LogP contribution in [0.3, 0.4) is 0 Å². The lowest BCUT2D eigenvalue weighted by Crippen LogP contribution is -2.49. The van der Waals surface area contributed by atoms with Gasteiger partial charge in [0.15, 0.2) is 5.96 Å². The van der Waals surface area contributed by atoms with Gasteiger partial charge in [0.1, 0.15) is 0 Å². The van der Waals surface area contributed by atoms with Crippen LogP contribution in [0.1, 0.15) is 38.3 Å². The molecule has 2 N–H and O–H groups in total. The topological polar surface area (TPSA) is 69.6 Å². The molecule has 1 aromatic carbocycles. The van der Waals surface area contributed by atoms with E-state index in [0.29, 0.717) is 13.1 Å². The number of benzene rings is 1. The molecule has 1 heterocycles. The summed E-state index contributed by atoms with van der Waals surface area (Å²) in [6.07, 6.45) is 5.91. The van der Waals surface area contributed by atoms with Crippen LogP contribution in [0.2, 0.25) is 0 Å². The van der Waals surface area contributed by atoms with E-state index >= 15 is 0 Å². The van der Waals surface area contributed by atoms with Crippen LogP contribution >= 0.6 is 0 Å². The van der Waals surface area contributed by atoms with Crippen molar-refractivity contribution in [1.29, 1.82) is 0 Å². The van der Waals surface area contributed by atoms with Gasteiger partial charge in [-0.15, -0.1) is 0 Å². The fraction of sp³-hybridized carbons (Fsp3) is 0.500. The average Bonchev–Trinajstić information content (AvgIpc) is 3.19. The van der Waals surface area contributed by atoms with Gasteiger partial charge in [-0.25, -0.2) is 4.99 Å². The minimum atomic E-state index is -0.322. The molecule has 0 saturated heterocycles. The molecule has 1 aliphatic rings. The first kappa shape index (κ1) is 20.1. The summed E-state index contributed by atoms with van der Waals surface area (Å²) in [5.41, 5.74) is 0.632. The number of pyridine rings is 1. The van der Waals surface area contributed by atoms with Crippen LogP contribution in [0.4, 0.5) is 0 Å². The number of nitrogens with zero attached hydrogens (tertiary/aromatic N) is 3. The molecule has 1 amide bonds. The first-order valence-corrected chi connectivity index (χ1v) is 10.1. The third kappa shape index (κ3) is 4.43. The lowest BCUT2D eigenvalue weighted by atomic mass is 9.84. The highest BCUT2D eigenvalue weighted by molar-refractivity contribution is 5.86. The number of carbonyl (C=O) groups is 1. The van der Waals surface area contributed by atoms with Gasteiger partial charge in [0, 0.05) is 38.8 Å². The van der Waals surface area contributed by atoms with Crippen molar-refractivity contribution in [2.75, 3.05) is 27.2 Å². The molecule has 3 rings (SSSR count). The molecule has 0 unspecified atom stereocenters. The fourth-order valence-electron chi connectivity index (χ4n) is 4.05. The summed E-state index contributed by atoms with van der Waals surface area (Å²) in [7, 11) is 3.68. The molecule has 150 valence electrons. The highest BCUT2D eigenvalue weighted by Crippen LogP contribution is 2.38. The summed E-state index contributed by atoms with van der Waals surface area (Å²) < 4.78 is 0. The van der Waals surface area contributed by atoms with E-state index in [2.05, 4.69) is 27.8 Å². The maximum absolute atomic E-state index is 12.8. The number of amides is 1. The maximum atomic E-state index is 12.8. The fourth-order valence-corrected chi connectivity index (χ4v) is 4.05. The Kier molecular flexibility index (Phi) is 6.49. The first-order chi connectivity index (χ1) is 13.6. The number of aromatic nitrogens is 1. The molecule has 0 spiro atoms. The SMILES string of the molecule is CCNC(=NCc1nccc2ccccc12)NCC1(C(=O)N(C)C)CCCC1. The molecule has 0 radical (unpaired) electrons. The summed E-state index contributed by atoms with van der Waals surface area (Å²) >= 11 is 0. The lowest BCUT2D eigenvalue weighted by Gasteiger charge is -2.31. The Labute approximate surface area is 167 Å². The van der Waals surface area contributed by atoms with Gasteiger partial charge >= 0.3 is 0 Å². The number of hydrogen-bond donors (Lipinski definition) is 2. The average molecular weight is 382 g/mol. The molecule has 2 aromatic rings. The van der Waals surface area contributed by atoms with Gasteiger partial charge in [0.2, 0.25) is 5.91 Å². The molecule has 1 saturated carbocycles. The number of rotatable bonds is 6. The Bertz CT molecular complexity index is 834. The van der Waals surface area contributed by atoms with E-state index in [1.807, 2.05) is 45.4 Å². The second kappa shape index (κ2) is 9.04. The van der Waals surface area contributed by atoms with Crippen molar-refractivity contribution < 1.29 is 4.79 Å². The van der Waals surface area contributed by atoms with Crippen LogP contribution in [-0.2, 0) is 11.3 Å². The van der Waals surface area contributed by atoms with E-state index < -0.39 is 0 Å². The summed E-state index contributed by atoms with van der Waals surface area (Å²) in [4.78, 5) is 23.8. The Balaban J connectivity index is 1.74. The molecule has 0 bridgehead atoms. The van der Waals surface area contributed by atoms with Crippen molar-refractivity contribution in [3.63, 3.8) is 0 Å². The monoisotopic (exact) mass is 381 g/mol. The predicted molar refractivity (Wildman–Crippen MR) is 114 cm³/mol. The molecule has 6 heteroatoms. The molecular weight excluding hydrogens is 350 g/mol. The Hall–Kier alpha value is -2.63. The third-order valence-corrected chi connectivity index (χ3v) is 5.50. The van der Waals surface area contributed by atoms with Crippen molar-refractivity contribution in [1.82, 2.24) is 20.5 Å². The summed E-state index contributed by atoms with van der Waals surface area (Å²) in [6, 6.07) is 10.2. The number of carbonyl (C=O) groups excluding carboxylic acids is 1. The van der Waals surface area contributed by atoms with E-state index in [9.17, 15) is 4.79 Å². The van der Waals surface area contributed by atoms with E-state index in [4.69, 9.17) is 4.99 Å². The summed E-state index contributed by atoms with van der Waals surface area (Å²) in [5, 5.41) is 9.01. The van der Waals surface area contributed by atoms with E-state index in [0.717, 1.165) is 49.3 Å². The van der Waals surface area contributed by atoms with Crippen molar-refractivity contribution >= 4 is 22.6 Å². The maximum Gasteiger partial charge on any atom is 0.230 e. The second-order valence-electron chi connectivity index (χ2n) is 7.71. The molecule has 6 nitrogen and oxygen atoms in total. The number of hydrogen-bond acceptors (Lipinski definition) is 3. The van der Waals surface area contributed by atoms with Crippen LogP contribution in [0, 0.1) is 5.41 Å². The van der Waals surface area contributed by atoms with Gasteiger partial charge in [0.05, 0.1) is 17.7 Å². The Morgan fingerprint density at radius 3 is 2.64 bits per heavy atom. The third-order valence-electron chi connectivity index (χ3n) is 5.50. The molecule has 0 aliphatic heterocycles. The second-order valence-corrected chi connectivity index (χ2v) is 7.71. The number of aliphatic imine (C=N–C) groups is 1. The zero-order valence-corrected chi connectivity index (χ0v) is 17.2. The molecule has 1 fully saturated rings. The van der Waals surface area contributed by atoms with Crippen molar-refractivity contribution in [2.45, 2.75) is 39.2 Å². The molecule has 28 heavy (non-hydrogen) atoms. The summed E-state index contributed by atoms with van der Waals surface area (Å²) in [6.45, 7) is 3.91. The minimum absolute atomic E-state index is 0.212. The highest BCUT2D eigenvalue weighted by atomic mass is 16.2. The molecule has 0 atom stereocenters. The number of nitrogens with one attached hydrogen (secondary N) is 2. The Morgan fingerprint density at radius 2 is 1.93 bits per heavy atom. The Morgan fingerprint density at radius 1 is 1.18 bits per heavy atom. The number of guanidine groups is 1. The molecular formula is C22H31N5O. The van der Waals surface area contributed by atoms with Gasteiger partial charge in [-0.2, -0.15) is 0 Å².